The number of para-hydroxylation sites is 1. The molecule has 0 radical (unpaired) electrons. The molecular formula is C19H18N2O2. The first kappa shape index (κ1) is 15.0. The van der Waals surface area contributed by atoms with Gasteiger partial charge < -0.3 is 10.2 Å². The lowest BCUT2D eigenvalue weighted by atomic mass is 10.2. The van der Waals surface area contributed by atoms with Gasteiger partial charge in [0.25, 0.3) is 0 Å². The minimum atomic E-state index is -0.455. The summed E-state index contributed by atoms with van der Waals surface area (Å²) in [4.78, 5) is 26.1. The van der Waals surface area contributed by atoms with Gasteiger partial charge in [-0.15, -0.1) is 0 Å². The van der Waals surface area contributed by atoms with E-state index >= 15 is 0 Å². The summed E-state index contributed by atoms with van der Waals surface area (Å²) in [5.74, 6) is -0.306. The van der Waals surface area contributed by atoms with Crippen LogP contribution in [0.3, 0.4) is 0 Å². The summed E-state index contributed by atoms with van der Waals surface area (Å²) in [6.07, 6.45) is 3.83. The fourth-order valence-electron chi connectivity index (χ4n) is 2.63. The van der Waals surface area contributed by atoms with E-state index in [0.717, 1.165) is 11.3 Å². The fourth-order valence-corrected chi connectivity index (χ4v) is 2.63. The summed E-state index contributed by atoms with van der Waals surface area (Å²) >= 11 is 0. The monoisotopic (exact) mass is 306 g/mol. The van der Waals surface area contributed by atoms with Crippen LogP contribution >= 0.6 is 0 Å². The van der Waals surface area contributed by atoms with Crippen LogP contribution in [0.5, 0.6) is 0 Å². The van der Waals surface area contributed by atoms with Crippen molar-refractivity contribution in [1.29, 1.82) is 0 Å². The lowest BCUT2D eigenvalue weighted by Crippen LogP contribution is -2.40. The zero-order valence-electron chi connectivity index (χ0n) is 12.7. The topological polar surface area (TPSA) is 49.4 Å². The van der Waals surface area contributed by atoms with Crippen LogP contribution in [0.1, 0.15) is 12.0 Å². The SMILES string of the molecule is O=C(/C=C/c1ccccc1)N[C@H]1CCN(c2ccccc2)C1=O. The Morgan fingerprint density at radius 3 is 2.39 bits per heavy atom. The Balaban J connectivity index is 1.60. The Bertz CT molecular complexity index is 711. The van der Waals surface area contributed by atoms with Gasteiger partial charge in [-0.1, -0.05) is 48.5 Å². The maximum absolute atomic E-state index is 12.4. The van der Waals surface area contributed by atoms with Crippen LogP contribution < -0.4 is 10.2 Å². The molecule has 1 fully saturated rings. The first-order chi connectivity index (χ1) is 11.2. The zero-order chi connectivity index (χ0) is 16.1. The predicted octanol–water partition coefficient (Wildman–Crippen LogP) is 2.62. The van der Waals surface area contributed by atoms with Crippen molar-refractivity contribution in [2.75, 3.05) is 11.4 Å². The standard InChI is InChI=1S/C19H18N2O2/c22-18(12-11-15-7-3-1-4-8-15)20-17-13-14-21(19(17)23)16-9-5-2-6-10-16/h1-12,17H,13-14H2,(H,20,22)/b12-11+/t17-/m0/s1. The summed E-state index contributed by atoms with van der Waals surface area (Å²) < 4.78 is 0. The molecule has 1 atom stereocenters. The van der Waals surface area contributed by atoms with Crippen LogP contribution in [-0.4, -0.2) is 24.4 Å². The molecule has 116 valence electrons. The molecule has 0 saturated carbocycles. The van der Waals surface area contributed by atoms with E-state index in [-0.39, 0.29) is 11.8 Å². The Morgan fingerprint density at radius 1 is 1.04 bits per heavy atom. The van der Waals surface area contributed by atoms with Crippen molar-refractivity contribution >= 4 is 23.6 Å². The molecule has 1 saturated heterocycles. The molecule has 1 aliphatic heterocycles. The second-order valence-corrected chi connectivity index (χ2v) is 5.42. The van der Waals surface area contributed by atoms with Crippen LogP contribution in [0, 0.1) is 0 Å². The van der Waals surface area contributed by atoms with E-state index in [4.69, 9.17) is 0 Å². The van der Waals surface area contributed by atoms with Crippen molar-refractivity contribution in [3.63, 3.8) is 0 Å². The first-order valence-electron chi connectivity index (χ1n) is 7.64. The van der Waals surface area contributed by atoms with Crippen molar-refractivity contribution in [3.8, 4) is 0 Å². The Labute approximate surface area is 135 Å². The number of benzene rings is 2. The molecule has 0 bridgehead atoms. The van der Waals surface area contributed by atoms with Crippen molar-refractivity contribution < 1.29 is 9.59 Å². The van der Waals surface area contributed by atoms with E-state index in [1.807, 2.05) is 60.7 Å². The second kappa shape index (κ2) is 6.92. The number of hydrogen-bond donors (Lipinski definition) is 1. The molecule has 2 aromatic carbocycles. The summed E-state index contributed by atoms with van der Waals surface area (Å²) in [7, 11) is 0. The van der Waals surface area contributed by atoms with E-state index in [9.17, 15) is 9.59 Å². The summed E-state index contributed by atoms with van der Waals surface area (Å²) in [6, 6.07) is 18.6. The molecule has 1 heterocycles. The molecule has 1 aliphatic rings. The lowest BCUT2D eigenvalue weighted by Gasteiger charge is -2.16. The lowest BCUT2D eigenvalue weighted by molar-refractivity contribution is -0.123. The summed E-state index contributed by atoms with van der Waals surface area (Å²) in [5, 5.41) is 2.78. The molecule has 3 rings (SSSR count). The number of nitrogens with one attached hydrogen (secondary N) is 1. The normalized spacial score (nSPS) is 17.7. The van der Waals surface area contributed by atoms with Crippen molar-refractivity contribution in [2.24, 2.45) is 0 Å². The average Bonchev–Trinajstić information content (AvgIpc) is 2.95. The van der Waals surface area contributed by atoms with Gasteiger partial charge in [0.1, 0.15) is 6.04 Å². The number of anilines is 1. The minimum Gasteiger partial charge on any atom is -0.341 e. The summed E-state index contributed by atoms with van der Waals surface area (Å²) in [6.45, 7) is 0.621. The van der Waals surface area contributed by atoms with Gasteiger partial charge in [-0.05, 0) is 30.2 Å². The van der Waals surface area contributed by atoms with Crippen LogP contribution in [0.25, 0.3) is 6.08 Å². The predicted molar refractivity (Wildman–Crippen MR) is 90.8 cm³/mol. The van der Waals surface area contributed by atoms with Crippen LogP contribution in [-0.2, 0) is 9.59 Å². The van der Waals surface area contributed by atoms with Crippen LogP contribution in [0.15, 0.2) is 66.7 Å². The number of hydrogen-bond acceptors (Lipinski definition) is 2. The highest BCUT2D eigenvalue weighted by Crippen LogP contribution is 2.21. The highest BCUT2D eigenvalue weighted by molar-refractivity contribution is 6.03. The summed E-state index contributed by atoms with van der Waals surface area (Å²) in [5.41, 5.74) is 1.82. The second-order valence-electron chi connectivity index (χ2n) is 5.42. The largest absolute Gasteiger partial charge is 0.341 e. The Hall–Kier alpha value is -2.88. The molecule has 0 aliphatic carbocycles. The minimum absolute atomic E-state index is 0.0577. The highest BCUT2D eigenvalue weighted by atomic mass is 16.2. The van der Waals surface area contributed by atoms with Crippen molar-refractivity contribution in [1.82, 2.24) is 5.32 Å². The zero-order valence-corrected chi connectivity index (χ0v) is 12.7. The molecule has 0 unspecified atom stereocenters. The Kier molecular flexibility index (Phi) is 4.52. The third kappa shape index (κ3) is 3.66. The number of nitrogens with zero attached hydrogens (tertiary/aromatic N) is 1. The van der Waals surface area contributed by atoms with E-state index in [0.29, 0.717) is 13.0 Å². The maximum Gasteiger partial charge on any atom is 0.249 e. The molecule has 1 N–H and O–H groups in total. The smallest absolute Gasteiger partial charge is 0.249 e. The van der Waals surface area contributed by atoms with Gasteiger partial charge in [0.2, 0.25) is 11.8 Å². The molecule has 4 nitrogen and oxygen atoms in total. The van der Waals surface area contributed by atoms with Crippen LogP contribution in [0.4, 0.5) is 5.69 Å². The number of rotatable bonds is 4. The molecule has 4 heteroatoms. The third-order valence-corrected chi connectivity index (χ3v) is 3.82. The fraction of sp³-hybridized carbons (Fsp3) is 0.158. The van der Waals surface area contributed by atoms with Crippen molar-refractivity contribution in [3.05, 3.63) is 72.3 Å². The van der Waals surface area contributed by atoms with E-state index in [1.165, 1.54) is 6.08 Å². The average molecular weight is 306 g/mol. The van der Waals surface area contributed by atoms with Gasteiger partial charge in [-0.3, -0.25) is 9.59 Å². The van der Waals surface area contributed by atoms with Gasteiger partial charge in [-0.25, -0.2) is 0 Å². The molecular weight excluding hydrogens is 288 g/mol. The third-order valence-electron chi connectivity index (χ3n) is 3.82. The van der Waals surface area contributed by atoms with Gasteiger partial charge in [0.05, 0.1) is 0 Å². The number of amides is 2. The number of carbonyl (C=O) groups is 2. The molecule has 23 heavy (non-hydrogen) atoms. The maximum atomic E-state index is 12.4. The number of carbonyl (C=O) groups excluding carboxylic acids is 2. The molecule has 2 amide bonds. The molecule has 0 aromatic heterocycles. The highest BCUT2D eigenvalue weighted by Gasteiger charge is 2.33. The first-order valence-corrected chi connectivity index (χ1v) is 7.64. The quantitative estimate of drug-likeness (QED) is 0.883. The van der Waals surface area contributed by atoms with Gasteiger partial charge in [0.15, 0.2) is 0 Å². The Morgan fingerprint density at radius 2 is 1.70 bits per heavy atom. The van der Waals surface area contributed by atoms with Gasteiger partial charge in [-0.2, -0.15) is 0 Å². The van der Waals surface area contributed by atoms with Crippen LogP contribution in [0.2, 0.25) is 0 Å². The van der Waals surface area contributed by atoms with Crippen molar-refractivity contribution in [2.45, 2.75) is 12.5 Å². The van der Waals surface area contributed by atoms with E-state index in [1.54, 1.807) is 11.0 Å². The van der Waals surface area contributed by atoms with Gasteiger partial charge >= 0.3 is 0 Å². The molecule has 2 aromatic rings. The molecule has 0 spiro atoms. The van der Waals surface area contributed by atoms with Gasteiger partial charge in [0, 0.05) is 18.3 Å². The van der Waals surface area contributed by atoms with E-state index in [2.05, 4.69) is 5.32 Å². The van der Waals surface area contributed by atoms with E-state index < -0.39 is 6.04 Å².